The lowest BCUT2D eigenvalue weighted by atomic mass is 10.1. The van der Waals surface area contributed by atoms with E-state index < -0.39 is 11.7 Å². The first-order valence-corrected chi connectivity index (χ1v) is 5.82. The van der Waals surface area contributed by atoms with Gasteiger partial charge in [0.25, 0.3) is 0 Å². The van der Waals surface area contributed by atoms with E-state index in [2.05, 4.69) is 5.32 Å². The summed E-state index contributed by atoms with van der Waals surface area (Å²) in [5, 5.41) is 2.52. The van der Waals surface area contributed by atoms with E-state index in [1.54, 1.807) is 32.8 Å². The Morgan fingerprint density at radius 2 is 1.84 bits per heavy atom. The molecule has 0 heterocycles. The first-order valence-electron chi connectivity index (χ1n) is 5.82. The van der Waals surface area contributed by atoms with Gasteiger partial charge < -0.3 is 10.2 Å². The zero-order valence-corrected chi connectivity index (χ0v) is 11.3. The van der Waals surface area contributed by atoms with Crippen LogP contribution in [0, 0.1) is 5.92 Å². The van der Waals surface area contributed by atoms with Gasteiger partial charge in [-0.05, 0) is 18.2 Å². The van der Waals surface area contributed by atoms with Crippen LogP contribution in [-0.2, 0) is 11.0 Å². The molecule has 1 aromatic rings. The number of nitrogens with one attached hydrogen (secondary N) is 1. The molecule has 0 aliphatic carbocycles. The van der Waals surface area contributed by atoms with Crippen LogP contribution in [0.4, 0.5) is 24.5 Å². The zero-order valence-electron chi connectivity index (χ0n) is 11.3. The van der Waals surface area contributed by atoms with E-state index in [-0.39, 0.29) is 17.5 Å². The second kappa shape index (κ2) is 5.50. The highest BCUT2D eigenvalue weighted by Gasteiger charge is 2.31. The molecule has 0 bridgehead atoms. The maximum absolute atomic E-state index is 12.7. The van der Waals surface area contributed by atoms with E-state index in [1.165, 1.54) is 6.07 Å². The molecule has 3 nitrogen and oxygen atoms in total. The highest BCUT2D eigenvalue weighted by molar-refractivity contribution is 5.95. The minimum Gasteiger partial charge on any atom is -0.376 e. The largest absolute Gasteiger partial charge is 0.416 e. The smallest absolute Gasteiger partial charge is 0.376 e. The normalized spacial score (nSPS) is 11.6. The number of rotatable bonds is 3. The average Bonchev–Trinajstić information content (AvgIpc) is 2.27. The molecule has 0 saturated heterocycles. The molecule has 0 aliphatic rings. The molecule has 106 valence electrons. The minimum atomic E-state index is -4.43. The number of halogens is 3. The zero-order chi connectivity index (χ0) is 14.8. The number of alkyl halides is 3. The lowest BCUT2D eigenvalue weighted by Gasteiger charge is -2.20. The molecule has 1 aromatic carbocycles. The molecular formula is C13H17F3N2O. The van der Waals surface area contributed by atoms with Gasteiger partial charge in [0, 0.05) is 20.0 Å². The fourth-order valence-electron chi connectivity index (χ4n) is 1.48. The van der Waals surface area contributed by atoms with E-state index in [1.807, 2.05) is 0 Å². The summed E-state index contributed by atoms with van der Waals surface area (Å²) < 4.78 is 38.0. The Bertz CT molecular complexity index is 467. The maximum atomic E-state index is 12.7. The van der Waals surface area contributed by atoms with E-state index in [9.17, 15) is 18.0 Å². The summed E-state index contributed by atoms with van der Waals surface area (Å²) in [7, 11) is 3.40. The summed E-state index contributed by atoms with van der Waals surface area (Å²) in [6.45, 7) is 3.36. The average molecular weight is 274 g/mol. The first kappa shape index (κ1) is 15.3. The predicted molar refractivity (Wildman–Crippen MR) is 69.2 cm³/mol. The lowest BCUT2D eigenvalue weighted by molar-refractivity contribution is -0.137. The number of carbonyl (C=O) groups is 1. The Hall–Kier alpha value is -1.72. The molecule has 0 aliphatic heterocycles. The molecule has 0 unspecified atom stereocenters. The van der Waals surface area contributed by atoms with Gasteiger partial charge in [0.2, 0.25) is 5.91 Å². The SMILES string of the molecule is CC(C)C(=O)Nc1cc(C(F)(F)F)ccc1N(C)C. The summed E-state index contributed by atoms with van der Waals surface area (Å²) >= 11 is 0. The second-order valence-corrected chi connectivity index (χ2v) is 4.77. The molecule has 0 radical (unpaired) electrons. The van der Waals surface area contributed by atoms with Crippen molar-refractivity contribution in [2.75, 3.05) is 24.3 Å². The molecule has 1 amide bonds. The van der Waals surface area contributed by atoms with Gasteiger partial charge in [0.05, 0.1) is 16.9 Å². The number of nitrogens with zero attached hydrogens (tertiary/aromatic N) is 1. The number of hydrogen-bond donors (Lipinski definition) is 1. The van der Waals surface area contributed by atoms with Crippen LogP contribution in [0.15, 0.2) is 18.2 Å². The van der Waals surface area contributed by atoms with Gasteiger partial charge in [-0.1, -0.05) is 13.8 Å². The summed E-state index contributed by atoms with van der Waals surface area (Å²) in [5.74, 6) is -0.619. The highest BCUT2D eigenvalue weighted by Crippen LogP contribution is 2.35. The quantitative estimate of drug-likeness (QED) is 0.916. The van der Waals surface area contributed by atoms with Gasteiger partial charge in [-0.25, -0.2) is 0 Å². The van der Waals surface area contributed by atoms with Crippen LogP contribution in [0.1, 0.15) is 19.4 Å². The fraction of sp³-hybridized carbons (Fsp3) is 0.462. The van der Waals surface area contributed by atoms with Gasteiger partial charge in [-0.15, -0.1) is 0 Å². The number of carbonyl (C=O) groups excluding carboxylic acids is 1. The molecule has 0 aromatic heterocycles. The van der Waals surface area contributed by atoms with Crippen LogP contribution >= 0.6 is 0 Å². The number of benzene rings is 1. The van der Waals surface area contributed by atoms with Crippen molar-refractivity contribution >= 4 is 17.3 Å². The van der Waals surface area contributed by atoms with Gasteiger partial charge >= 0.3 is 6.18 Å². The van der Waals surface area contributed by atoms with Gasteiger partial charge in [-0.3, -0.25) is 4.79 Å². The summed E-state index contributed by atoms with van der Waals surface area (Å²) in [5.41, 5.74) is -0.0855. The molecular weight excluding hydrogens is 257 g/mol. The topological polar surface area (TPSA) is 32.3 Å². The van der Waals surface area contributed by atoms with Crippen molar-refractivity contribution in [3.63, 3.8) is 0 Å². The van der Waals surface area contributed by atoms with Gasteiger partial charge in [0.15, 0.2) is 0 Å². The number of anilines is 2. The maximum Gasteiger partial charge on any atom is 0.416 e. The van der Waals surface area contributed by atoms with Gasteiger partial charge in [-0.2, -0.15) is 13.2 Å². The predicted octanol–water partition coefficient (Wildman–Crippen LogP) is 3.37. The van der Waals surface area contributed by atoms with Crippen LogP contribution in [0.2, 0.25) is 0 Å². The number of hydrogen-bond acceptors (Lipinski definition) is 2. The highest BCUT2D eigenvalue weighted by atomic mass is 19.4. The van der Waals surface area contributed by atoms with Crippen LogP contribution in [-0.4, -0.2) is 20.0 Å². The lowest BCUT2D eigenvalue weighted by Crippen LogP contribution is -2.21. The molecule has 1 rings (SSSR count). The van der Waals surface area contributed by atoms with Crippen molar-refractivity contribution in [1.82, 2.24) is 0 Å². The van der Waals surface area contributed by atoms with Crippen molar-refractivity contribution in [2.45, 2.75) is 20.0 Å². The molecule has 0 spiro atoms. The third-order valence-corrected chi connectivity index (χ3v) is 2.59. The van der Waals surface area contributed by atoms with Gasteiger partial charge in [0.1, 0.15) is 0 Å². The third kappa shape index (κ3) is 3.87. The third-order valence-electron chi connectivity index (χ3n) is 2.59. The second-order valence-electron chi connectivity index (χ2n) is 4.77. The summed E-state index contributed by atoms with van der Waals surface area (Å²) in [6, 6.07) is 3.30. The van der Waals surface area contributed by atoms with E-state index in [4.69, 9.17) is 0 Å². The van der Waals surface area contributed by atoms with Crippen molar-refractivity contribution < 1.29 is 18.0 Å². The molecule has 19 heavy (non-hydrogen) atoms. The van der Waals surface area contributed by atoms with Crippen molar-refractivity contribution in [3.05, 3.63) is 23.8 Å². The first-order chi connectivity index (χ1) is 8.62. The van der Waals surface area contributed by atoms with Crippen LogP contribution < -0.4 is 10.2 Å². The summed E-state index contributed by atoms with van der Waals surface area (Å²) in [4.78, 5) is 13.3. The Morgan fingerprint density at radius 1 is 1.26 bits per heavy atom. The monoisotopic (exact) mass is 274 g/mol. The standard InChI is InChI=1S/C13H17F3N2O/c1-8(2)12(19)17-10-7-9(13(14,15)16)5-6-11(10)18(3)4/h5-8H,1-4H3,(H,17,19). The number of amides is 1. The van der Waals surface area contributed by atoms with Crippen molar-refractivity contribution in [2.24, 2.45) is 5.92 Å². The minimum absolute atomic E-state index is 0.165. The van der Waals surface area contributed by atoms with Crippen LogP contribution in [0.3, 0.4) is 0 Å². The molecule has 0 saturated carbocycles. The Balaban J connectivity index is 3.20. The molecule has 1 N–H and O–H groups in total. The molecule has 0 atom stereocenters. The van der Waals surface area contributed by atoms with E-state index in [0.29, 0.717) is 5.69 Å². The van der Waals surface area contributed by atoms with E-state index >= 15 is 0 Å². The van der Waals surface area contributed by atoms with E-state index in [0.717, 1.165) is 12.1 Å². The summed E-state index contributed by atoms with van der Waals surface area (Å²) in [6.07, 6.45) is -4.43. The Labute approximate surface area is 110 Å². The Kier molecular flexibility index (Phi) is 4.44. The van der Waals surface area contributed by atoms with Crippen LogP contribution in [0.5, 0.6) is 0 Å². The molecule has 0 fully saturated rings. The fourth-order valence-corrected chi connectivity index (χ4v) is 1.48. The molecule has 6 heteroatoms. The Morgan fingerprint density at radius 3 is 2.26 bits per heavy atom. The van der Waals surface area contributed by atoms with Crippen molar-refractivity contribution in [1.29, 1.82) is 0 Å². The van der Waals surface area contributed by atoms with Crippen LogP contribution in [0.25, 0.3) is 0 Å². The van der Waals surface area contributed by atoms with Crippen molar-refractivity contribution in [3.8, 4) is 0 Å².